The fourth-order valence-corrected chi connectivity index (χ4v) is 2.86. The number of hydrogen-bond acceptors (Lipinski definition) is 4. The van der Waals surface area contributed by atoms with Crippen LogP contribution < -0.4 is 4.90 Å². The molecule has 1 saturated heterocycles. The summed E-state index contributed by atoms with van der Waals surface area (Å²) in [4.78, 5) is 2.09. The van der Waals surface area contributed by atoms with Gasteiger partial charge in [0.05, 0.1) is 11.8 Å². The molecule has 1 aliphatic rings. The third-order valence-electron chi connectivity index (χ3n) is 3.49. The van der Waals surface area contributed by atoms with Crippen LogP contribution in [0, 0.1) is 0 Å². The van der Waals surface area contributed by atoms with E-state index in [2.05, 4.69) is 31.0 Å². The SMILES string of the molecule is OC1CCCN(c2ccc(-c3cccc(Br)c3)nn2)C1. The smallest absolute Gasteiger partial charge is 0.151 e. The van der Waals surface area contributed by atoms with E-state index in [1.54, 1.807) is 0 Å². The van der Waals surface area contributed by atoms with Crippen LogP contribution in [-0.4, -0.2) is 34.5 Å². The molecular weight excluding hydrogens is 318 g/mol. The lowest BCUT2D eigenvalue weighted by molar-refractivity contribution is 0.154. The number of anilines is 1. The second kappa shape index (κ2) is 5.89. The van der Waals surface area contributed by atoms with E-state index in [0.29, 0.717) is 6.54 Å². The van der Waals surface area contributed by atoms with Crippen LogP contribution in [0.3, 0.4) is 0 Å². The summed E-state index contributed by atoms with van der Waals surface area (Å²) in [6.07, 6.45) is 1.62. The van der Waals surface area contributed by atoms with Gasteiger partial charge < -0.3 is 10.0 Å². The first-order chi connectivity index (χ1) is 9.72. The molecule has 0 amide bonds. The Bertz CT molecular complexity index is 588. The summed E-state index contributed by atoms with van der Waals surface area (Å²) >= 11 is 3.46. The van der Waals surface area contributed by atoms with E-state index in [1.807, 2.05) is 36.4 Å². The summed E-state index contributed by atoms with van der Waals surface area (Å²) in [5, 5.41) is 18.3. The van der Waals surface area contributed by atoms with Gasteiger partial charge in [-0.25, -0.2) is 0 Å². The zero-order chi connectivity index (χ0) is 13.9. The third-order valence-corrected chi connectivity index (χ3v) is 3.98. The van der Waals surface area contributed by atoms with Crippen LogP contribution in [0.4, 0.5) is 5.82 Å². The van der Waals surface area contributed by atoms with Gasteiger partial charge in [-0.3, -0.25) is 0 Å². The van der Waals surface area contributed by atoms with Crippen LogP contribution >= 0.6 is 15.9 Å². The van der Waals surface area contributed by atoms with E-state index in [4.69, 9.17) is 0 Å². The Kier molecular flexibility index (Phi) is 3.98. The first-order valence-corrected chi connectivity index (χ1v) is 7.54. The molecule has 1 N–H and O–H groups in total. The number of aromatic nitrogens is 2. The molecule has 3 rings (SSSR count). The van der Waals surface area contributed by atoms with Crippen molar-refractivity contribution < 1.29 is 5.11 Å². The highest BCUT2D eigenvalue weighted by atomic mass is 79.9. The Hall–Kier alpha value is -1.46. The maximum absolute atomic E-state index is 9.71. The molecule has 0 spiro atoms. The van der Waals surface area contributed by atoms with Gasteiger partial charge in [0.25, 0.3) is 0 Å². The fourth-order valence-electron chi connectivity index (χ4n) is 2.46. The summed E-state index contributed by atoms with van der Waals surface area (Å²) in [5.41, 5.74) is 1.89. The van der Waals surface area contributed by atoms with Crippen molar-refractivity contribution in [2.45, 2.75) is 18.9 Å². The number of hydrogen-bond donors (Lipinski definition) is 1. The van der Waals surface area contributed by atoms with Gasteiger partial charge in [0, 0.05) is 23.1 Å². The van der Waals surface area contributed by atoms with Gasteiger partial charge in [0.2, 0.25) is 0 Å². The van der Waals surface area contributed by atoms with Crippen LogP contribution in [-0.2, 0) is 0 Å². The largest absolute Gasteiger partial charge is 0.391 e. The van der Waals surface area contributed by atoms with Crippen molar-refractivity contribution in [2.24, 2.45) is 0 Å². The van der Waals surface area contributed by atoms with Crippen molar-refractivity contribution in [3.8, 4) is 11.3 Å². The topological polar surface area (TPSA) is 49.2 Å². The zero-order valence-electron chi connectivity index (χ0n) is 11.0. The molecule has 1 atom stereocenters. The van der Waals surface area contributed by atoms with Gasteiger partial charge >= 0.3 is 0 Å². The molecule has 0 bridgehead atoms. The van der Waals surface area contributed by atoms with Gasteiger partial charge in [0.15, 0.2) is 5.82 Å². The van der Waals surface area contributed by atoms with Crippen molar-refractivity contribution >= 4 is 21.7 Å². The summed E-state index contributed by atoms with van der Waals surface area (Å²) in [6.45, 7) is 1.58. The normalized spacial score (nSPS) is 19.1. The number of aliphatic hydroxyl groups excluding tert-OH is 1. The molecular formula is C15H16BrN3O. The molecule has 1 unspecified atom stereocenters. The predicted octanol–water partition coefficient (Wildman–Crippen LogP) is 2.87. The van der Waals surface area contributed by atoms with Crippen LogP contribution in [0.1, 0.15) is 12.8 Å². The molecule has 1 aromatic carbocycles. The maximum Gasteiger partial charge on any atom is 0.151 e. The molecule has 0 radical (unpaired) electrons. The summed E-state index contributed by atoms with van der Waals surface area (Å²) in [5.74, 6) is 0.836. The first-order valence-electron chi connectivity index (χ1n) is 6.75. The van der Waals surface area contributed by atoms with Crippen molar-refractivity contribution in [2.75, 3.05) is 18.0 Å². The zero-order valence-corrected chi connectivity index (χ0v) is 12.6. The summed E-state index contributed by atoms with van der Waals surface area (Å²) in [7, 11) is 0. The molecule has 1 aromatic heterocycles. The Labute approximate surface area is 126 Å². The number of β-amino-alcohol motifs (C(OH)–C–C–N with tert-alkyl or cyclic N) is 1. The number of aliphatic hydroxyl groups is 1. The molecule has 20 heavy (non-hydrogen) atoms. The van der Waals surface area contributed by atoms with Gasteiger partial charge in [-0.1, -0.05) is 28.1 Å². The third kappa shape index (κ3) is 2.99. The summed E-state index contributed by atoms with van der Waals surface area (Å²) in [6, 6.07) is 12.0. The van der Waals surface area contributed by atoms with Gasteiger partial charge in [-0.15, -0.1) is 10.2 Å². The van der Waals surface area contributed by atoms with E-state index >= 15 is 0 Å². The van der Waals surface area contributed by atoms with Gasteiger partial charge in [0.1, 0.15) is 0 Å². The number of rotatable bonds is 2. The lowest BCUT2D eigenvalue weighted by atomic mass is 10.1. The van der Waals surface area contributed by atoms with E-state index in [-0.39, 0.29) is 6.10 Å². The van der Waals surface area contributed by atoms with Crippen molar-refractivity contribution in [3.05, 3.63) is 40.9 Å². The second-order valence-electron chi connectivity index (χ2n) is 5.03. The molecule has 104 valence electrons. The minimum absolute atomic E-state index is 0.254. The molecule has 0 saturated carbocycles. The van der Waals surface area contributed by atoms with Crippen molar-refractivity contribution in [3.63, 3.8) is 0 Å². The van der Waals surface area contributed by atoms with Crippen LogP contribution in [0.25, 0.3) is 11.3 Å². The van der Waals surface area contributed by atoms with E-state index in [1.165, 1.54) is 0 Å². The lowest BCUT2D eigenvalue weighted by Gasteiger charge is -2.30. The number of halogens is 1. The highest BCUT2D eigenvalue weighted by Gasteiger charge is 2.19. The molecule has 0 aliphatic carbocycles. The Balaban J connectivity index is 1.80. The highest BCUT2D eigenvalue weighted by Crippen LogP contribution is 2.23. The average molecular weight is 334 g/mol. The fraction of sp³-hybridized carbons (Fsp3) is 0.333. The quantitative estimate of drug-likeness (QED) is 0.918. The monoisotopic (exact) mass is 333 g/mol. The molecule has 5 heteroatoms. The second-order valence-corrected chi connectivity index (χ2v) is 5.94. The first kappa shape index (κ1) is 13.5. The Morgan fingerprint density at radius 2 is 2.10 bits per heavy atom. The Morgan fingerprint density at radius 1 is 1.20 bits per heavy atom. The standard InChI is InChI=1S/C15H16BrN3O/c16-12-4-1-3-11(9-12)14-6-7-15(18-17-14)19-8-2-5-13(20)10-19/h1,3-4,6-7,9,13,20H,2,5,8,10H2. The van der Waals surface area contributed by atoms with E-state index in [0.717, 1.165) is 40.9 Å². The minimum atomic E-state index is -0.254. The molecule has 2 aromatic rings. The van der Waals surface area contributed by atoms with Gasteiger partial charge in [-0.05, 0) is 37.1 Å². The lowest BCUT2D eigenvalue weighted by Crippen LogP contribution is -2.38. The number of piperidine rings is 1. The van der Waals surface area contributed by atoms with Crippen LogP contribution in [0.2, 0.25) is 0 Å². The summed E-state index contributed by atoms with van der Waals surface area (Å²) < 4.78 is 1.03. The van der Waals surface area contributed by atoms with Crippen LogP contribution in [0.5, 0.6) is 0 Å². The number of nitrogens with zero attached hydrogens (tertiary/aromatic N) is 3. The van der Waals surface area contributed by atoms with Crippen LogP contribution in [0.15, 0.2) is 40.9 Å². The highest BCUT2D eigenvalue weighted by molar-refractivity contribution is 9.10. The molecule has 1 fully saturated rings. The molecule has 1 aliphatic heterocycles. The Morgan fingerprint density at radius 3 is 2.80 bits per heavy atom. The molecule has 4 nitrogen and oxygen atoms in total. The van der Waals surface area contributed by atoms with Gasteiger partial charge in [-0.2, -0.15) is 0 Å². The average Bonchev–Trinajstić information content (AvgIpc) is 2.47. The van der Waals surface area contributed by atoms with Crippen molar-refractivity contribution in [1.29, 1.82) is 0 Å². The van der Waals surface area contributed by atoms with E-state index in [9.17, 15) is 5.11 Å². The number of benzene rings is 1. The maximum atomic E-state index is 9.71. The predicted molar refractivity (Wildman–Crippen MR) is 82.6 cm³/mol. The van der Waals surface area contributed by atoms with Crippen molar-refractivity contribution in [1.82, 2.24) is 10.2 Å². The molecule has 2 heterocycles. The van der Waals surface area contributed by atoms with E-state index < -0.39 is 0 Å². The minimum Gasteiger partial charge on any atom is -0.391 e.